The molecular formula is C8H17NO2. The van der Waals surface area contributed by atoms with Gasteiger partial charge in [0.15, 0.2) is 0 Å². The zero-order valence-corrected chi connectivity index (χ0v) is 7.73. The Morgan fingerprint density at radius 3 is 2.36 bits per heavy atom. The normalized spacial score (nSPS) is 11.3. The molecule has 0 aliphatic heterocycles. The van der Waals surface area contributed by atoms with Gasteiger partial charge in [-0.3, -0.25) is 4.79 Å². The van der Waals surface area contributed by atoms with E-state index >= 15 is 0 Å². The lowest BCUT2D eigenvalue weighted by molar-refractivity contribution is -0.124. The van der Waals surface area contributed by atoms with E-state index in [0.717, 1.165) is 0 Å². The molecule has 0 aliphatic carbocycles. The van der Waals surface area contributed by atoms with E-state index in [4.69, 9.17) is 4.74 Å². The van der Waals surface area contributed by atoms with Gasteiger partial charge in [-0.05, 0) is 5.41 Å². The molecule has 1 N–H and O–H groups in total. The van der Waals surface area contributed by atoms with Crippen LogP contribution in [0, 0.1) is 5.41 Å². The first-order chi connectivity index (χ1) is 4.95. The third-order valence-corrected chi connectivity index (χ3v) is 1.10. The van der Waals surface area contributed by atoms with Crippen LogP contribution in [0.4, 0.5) is 0 Å². The first-order valence-corrected chi connectivity index (χ1v) is 3.71. The van der Waals surface area contributed by atoms with Crippen molar-refractivity contribution in [2.45, 2.75) is 27.2 Å². The number of carbonyl (C=O) groups excluding carboxylic acids is 1. The van der Waals surface area contributed by atoms with Gasteiger partial charge < -0.3 is 10.1 Å². The summed E-state index contributed by atoms with van der Waals surface area (Å²) in [5, 5.41) is 2.63. The Morgan fingerprint density at radius 1 is 1.45 bits per heavy atom. The van der Waals surface area contributed by atoms with Crippen LogP contribution in [0.2, 0.25) is 0 Å². The number of amides is 1. The molecule has 11 heavy (non-hydrogen) atoms. The molecular weight excluding hydrogens is 142 g/mol. The van der Waals surface area contributed by atoms with Crippen molar-refractivity contribution in [3.63, 3.8) is 0 Å². The van der Waals surface area contributed by atoms with Gasteiger partial charge in [0.25, 0.3) is 0 Å². The van der Waals surface area contributed by atoms with Gasteiger partial charge in [-0.25, -0.2) is 0 Å². The van der Waals surface area contributed by atoms with Crippen molar-refractivity contribution in [2.24, 2.45) is 5.41 Å². The summed E-state index contributed by atoms with van der Waals surface area (Å²) >= 11 is 0. The number of hydrogen-bond acceptors (Lipinski definition) is 2. The van der Waals surface area contributed by atoms with Crippen LogP contribution in [-0.2, 0) is 9.53 Å². The van der Waals surface area contributed by atoms with Gasteiger partial charge >= 0.3 is 0 Å². The summed E-state index contributed by atoms with van der Waals surface area (Å²) in [7, 11) is 1.55. The minimum absolute atomic E-state index is 0.0411. The quantitative estimate of drug-likeness (QED) is 0.627. The number of methoxy groups -OCH3 is 1. The highest BCUT2D eigenvalue weighted by Crippen LogP contribution is 2.17. The summed E-state index contributed by atoms with van der Waals surface area (Å²) in [6.07, 6.45) is 0.538. The van der Waals surface area contributed by atoms with Crippen molar-refractivity contribution in [2.75, 3.05) is 13.8 Å². The summed E-state index contributed by atoms with van der Waals surface area (Å²) in [5.41, 5.74) is 0.0534. The van der Waals surface area contributed by atoms with E-state index in [1.165, 1.54) is 0 Å². The largest absolute Gasteiger partial charge is 0.364 e. The molecule has 0 fully saturated rings. The average Bonchev–Trinajstić information content (AvgIpc) is 1.79. The van der Waals surface area contributed by atoms with Gasteiger partial charge in [0.05, 0.1) is 0 Å². The van der Waals surface area contributed by atoms with Crippen molar-refractivity contribution >= 4 is 5.91 Å². The van der Waals surface area contributed by atoms with Crippen LogP contribution in [0.1, 0.15) is 27.2 Å². The van der Waals surface area contributed by atoms with E-state index in [2.05, 4.69) is 5.32 Å². The molecule has 0 aliphatic rings. The molecule has 0 spiro atoms. The van der Waals surface area contributed by atoms with Crippen LogP contribution < -0.4 is 5.32 Å². The first kappa shape index (κ1) is 10.4. The molecule has 3 nitrogen and oxygen atoms in total. The third kappa shape index (κ3) is 7.33. The molecule has 0 saturated heterocycles. The fourth-order valence-corrected chi connectivity index (χ4v) is 0.697. The lowest BCUT2D eigenvalue weighted by Gasteiger charge is -2.16. The summed E-state index contributed by atoms with van der Waals surface area (Å²) in [4.78, 5) is 11.0. The molecule has 3 heteroatoms. The van der Waals surface area contributed by atoms with E-state index in [0.29, 0.717) is 13.2 Å². The Balaban J connectivity index is 3.53. The third-order valence-electron chi connectivity index (χ3n) is 1.10. The van der Waals surface area contributed by atoms with Crippen LogP contribution >= 0.6 is 0 Å². The Kier molecular flexibility index (Phi) is 4.11. The molecule has 0 rings (SSSR count). The highest BCUT2D eigenvalue weighted by atomic mass is 16.5. The predicted molar refractivity (Wildman–Crippen MR) is 44.1 cm³/mol. The Morgan fingerprint density at radius 2 is 2.00 bits per heavy atom. The minimum Gasteiger partial charge on any atom is -0.364 e. The van der Waals surface area contributed by atoms with Gasteiger partial charge in [0.1, 0.15) is 6.73 Å². The second kappa shape index (κ2) is 4.34. The number of carbonyl (C=O) groups is 1. The monoisotopic (exact) mass is 159 g/mol. The summed E-state index contributed by atoms with van der Waals surface area (Å²) in [5.74, 6) is 0.0411. The minimum atomic E-state index is 0.0411. The van der Waals surface area contributed by atoms with E-state index in [1.807, 2.05) is 20.8 Å². The molecule has 0 unspecified atom stereocenters. The fourth-order valence-electron chi connectivity index (χ4n) is 0.697. The lowest BCUT2D eigenvalue weighted by Crippen LogP contribution is -2.28. The number of hydrogen-bond donors (Lipinski definition) is 1. The van der Waals surface area contributed by atoms with Gasteiger partial charge in [-0.1, -0.05) is 20.8 Å². The van der Waals surface area contributed by atoms with E-state index in [1.54, 1.807) is 7.11 Å². The molecule has 0 aromatic heterocycles. The van der Waals surface area contributed by atoms with E-state index < -0.39 is 0 Å². The Labute approximate surface area is 68.1 Å². The second-order valence-corrected chi connectivity index (χ2v) is 3.77. The molecule has 0 radical (unpaired) electrons. The number of ether oxygens (including phenoxy) is 1. The standard InChI is InChI=1S/C8H17NO2/c1-8(2,3)5-7(10)9-6-11-4/h5-6H2,1-4H3,(H,9,10). The molecule has 0 bridgehead atoms. The molecule has 0 atom stereocenters. The molecule has 0 aromatic carbocycles. The SMILES string of the molecule is COCNC(=O)CC(C)(C)C. The van der Waals surface area contributed by atoms with E-state index in [9.17, 15) is 4.79 Å². The van der Waals surface area contributed by atoms with Crippen LogP contribution in [-0.4, -0.2) is 19.7 Å². The summed E-state index contributed by atoms with van der Waals surface area (Å²) in [6.45, 7) is 6.38. The van der Waals surface area contributed by atoms with Crippen molar-refractivity contribution in [3.8, 4) is 0 Å². The van der Waals surface area contributed by atoms with Crippen LogP contribution in [0.3, 0.4) is 0 Å². The van der Waals surface area contributed by atoms with Gasteiger partial charge in [0, 0.05) is 13.5 Å². The average molecular weight is 159 g/mol. The maximum absolute atomic E-state index is 11.0. The topological polar surface area (TPSA) is 38.3 Å². The Hall–Kier alpha value is -0.570. The first-order valence-electron chi connectivity index (χ1n) is 3.71. The van der Waals surface area contributed by atoms with E-state index in [-0.39, 0.29) is 11.3 Å². The van der Waals surface area contributed by atoms with Gasteiger partial charge in [-0.15, -0.1) is 0 Å². The van der Waals surface area contributed by atoms with Gasteiger partial charge in [0.2, 0.25) is 5.91 Å². The van der Waals surface area contributed by atoms with Crippen molar-refractivity contribution in [1.82, 2.24) is 5.32 Å². The highest BCUT2D eigenvalue weighted by Gasteiger charge is 2.14. The van der Waals surface area contributed by atoms with Crippen molar-refractivity contribution < 1.29 is 9.53 Å². The molecule has 1 amide bonds. The summed E-state index contributed by atoms with van der Waals surface area (Å²) in [6, 6.07) is 0. The number of rotatable bonds is 3. The zero-order chi connectivity index (χ0) is 8.91. The fraction of sp³-hybridized carbons (Fsp3) is 0.875. The zero-order valence-electron chi connectivity index (χ0n) is 7.73. The molecule has 0 heterocycles. The lowest BCUT2D eigenvalue weighted by atomic mass is 9.92. The van der Waals surface area contributed by atoms with Crippen LogP contribution in [0.25, 0.3) is 0 Å². The van der Waals surface area contributed by atoms with Crippen LogP contribution in [0.15, 0.2) is 0 Å². The molecule has 0 aromatic rings. The Bertz CT molecular complexity index is 127. The molecule has 0 saturated carbocycles. The maximum Gasteiger partial charge on any atom is 0.222 e. The predicted octanol–water partition coefficient (Wildman–Crippen LogP) is 1.14. The summed E-state index contributed by atoms with van der Waals surface area (Å²) < 4.78 is 4.70. The van der Waals surface area contributed by atoms with Crippen molar-refractivity contribution in [3.05, 3.63) is 0 Å². The highest BCUT2D eigenvalue weighted by molar-refractivity contribution is 5.76. The smallest absolute Gasteiger partial charge is 0.222 e. The van der Waals surface area contributed by atoms with Gasteiger partial charge in [-0.2, -0.15) is 0 Å². The van der Waals surface area contributed by atoms with Crippen molar-refractivity contribution in [1.29, 1.82) is 0 Å². The second-order valence-electron chi connectivity index (χ2n) is 3.77. The maximum atomic E-state index is 11.0. The molecule has 66 valence electrons. The van der Waals surface area contributed by atoms with Crippen LogP contribution in [0.5, 0.6) is 0 Å². The number of nitrogens with one attached hydrogen (secondary N) is 1.